The summed E-state index contributed by atoms with van der Waals surface area (Å²) in [4.78, 5) is 13.7. The van der Waals surface area contributed by atoms with E-state index in [0.29, 0.717) is 36.0 Å². The number of aryl methyl sites for hydroxylation is 1. The van der Waals surface area contributed by atoms with Crippen molar-refractivity contribution in [3.63, 3.8) is 0 Å². The molecule has 0 radical (unpaired) electrons. The zero-order valence-electron chi connectivity index (χ0n) is 17.9. The van der Waals surface area contributed by atoms with E-state index >= 15 is 0 Å². The molecule has 2 atom stereocenters. The summed E-state index contributed by atoms with van der Waals surface area (Å²) in [5, 5.41) is 1.43. The number of benzene rings is 2. The van der Waals surface area contributed by atoms with Crippen LogP contribution < -0.4 is 4.74 Å². The smallest absolute Gasteiger partial charge is 0.413 e. The van der Waals surface area contributed by atoms with Crippen molar-refractivity contribution in [3.8, 4) is 11.5 Å². The maximum atomic E-state index is 13.7. The number of hydrogen-bond acceptors (Lipinski definition) is 7. The van der Waals surface area contributed by atoms with Crippen molar-refractivity contribution in [2.45, 2.75) is 45.4 Å². The fourth-order valence-corrected chi connectivity index (χ4v) is 7.42. The van der Waals surface area contributed by atoms with Gasteiger partial charge in [0.2, 0.25) is 5.12 Å². The Morgan fingerprint density at radius 3 is 2.58 bits per heavy atom. The molecule has 4 rings (SSSR count). The largest absolute Gasteiger partial charge is 0.457 e. The number of nitrogens with zero attached hydrogens (tertiary/aromatic N) is 1. The highest BCUT2D eigenvalue weighted by Crippen LogP contribution is 2.64. The van der Waals surface area contributed by atoms with Gasteiger partial charge in [-0.25, -0.2) is 9.19 Å². The maximum absolute atomic E-state index is 13.7. The summed E-state index contributed by atoms with van der Waals surface area (Å²) in [5.41, 5.74) is 2.64. The van der Waals surface area contributed by atoms with Crippen LogP contribution in [0.25, 0.3) is 0 Å². The second-order valence-electron chi connectivity index (χ2n) is 7.60. The molecule has 0 amide bonds. The predicted molar refractivity (Wildman–Crippen MR) is 123 cm³/mol. The zero-order valence-corrected chi connectivity index (χ0v) is 19.6. The molecular formula is C23H28NO5PS. The molecular weight excluding hydrogens is 433 g/mol. The Morgan fingerprint density at radius 1 is 1.10 bits per heavy atom. The van der Waals surface area contributed by atoms with Gasteiger partial charge in [-0.05, 0) is 43.9 Å². The normalized spacial score (nSPS) is 20.3. The van der Waals surface area contributed by atoms with Crippen LogP contribution >= 0.6 is 18.2 Å². The van der Waals surface area contributed by atoms with Gasteiger partial charge in [0.25, 0.3) is 0 Å². The number of hydrogen-bond donors (Lipinski definition) is 0. The van der Waals surface area contributed by atoms with Crippen molar-refractivity contribution in [2.24, 2.45) is 0 Å². The van der Waals surface area contributed by atoms with Crippen LogP contribution in [-0.4, -0.2) is 29.9 Å². The Balaban J connectivity index is 1.67. The van der Waals surface area contributed by atoms with Gasteiger partial charge in [-0.3, -0.25) is 9.32 Å². The molecule has 0 aliphatic carbocycles. The van der Waals surface area contributed by atoms with E-state index in [1.54, 1.807) is 12.0 Å². The molecule has 2 unspecified atom stereocenters. The van der Waals surface area contributed by atoms with Crippen LogP contribution in [0.2, 0.25) is 0 Å². The van der Waals surface area contributed by atoms with Gasteiger partial charge in [0.05, 0.1) is 12.5 Å². The Hall–Kier alpha value is -1.63. The number of carbonyl (C=O) groups is 1. The molecule has 31 heavy (non-hydrogen) atoms. The third-order valence-electron chi connectivity index (χ3n) is 5.53. The minimum Gasteiger partial charge on any atom is -0.457 e. The van der Waals surface area contributed by atoms with E-state index in [9.17, 15) is 9.36 Å². The highest BCUT2D eigenvalue weighted by molar-refractivity contribution is 8.62. The van der Waals surface area contributed by atoms with E-state index in [1.165, 1.54) is 0 Å². The third kappa shape index (κ3) is 4.91. The minimum absolute atomic E-state index is 0.201. The van der Waals surface area contributed by atoms with E-state index < -0.39 is 12.7 Å². The second-order valence-corrected chi connectivity index (χ2v) is 11.4. The average Bonchev–Trinajstić information content (AvgIpc) is 2.77. The lowest BCUT2D eigenvalue weighted by Crippen LogP contribution is -2.29. The number of piperidine rings is 1. The predicted octanol–water partition coefficient (Wildman–Crippen LogP) is 6.31. The number of carbonyl (C=O) groups excluding carboxylic acids is 1. The lowest BCUT2D eigenvalue weighted by Gasteiger charge is -2.31. The Labute approximate surface area is 187 Å². The quantitative estimate of drug-likeness (QED) is 0.448. The van der Waals surface area contributed by atoms with Crippen LogP contribution in [0.4, 0.5) is 0 Å². The molecule has 1 saturated heterocycles. The molecule has 2 heterocycles. The van der Waals surface area contributed by atoms with Crippen molar-refractivity contribution in [2.75, 3.05) is 19.7 Å². The fourth-order valence-electron chi connectivity index (χ4n) is 4.12. The molecule has 0 spiro atoms. The van der Waals surface area contributed by atoms with Gasteiger partial charge in [-0.1, -0.05) is 43.7 Å². The maximum Gasteiger partial charge on any atom is 0.413 e. The molecule has 1 fully saturated rings. The molecule has 2 aromatic rings. The standard InChI is InChI=1S/C23H28NO5PS/c1-3-17-11-10-14-20-21(17)22(18-12-6-7-13-19(18)28-20)23(25)31-30(26,27-4-2)29-24-15-8-5-9-16-24/h6-7,10-14,22H,3-5,8-9,15-16H2,1-2H3. The Kier molecular flexibility index (Phi) is 7.19. The van der Waals surface area contributed by atoms with Crippen LogP contribution in [0, 0.1) is 0 Å². The van der Waals surface area contributed by atoms with Gasteiger partial charge in [0.15, 0.2) is 0 Å². The topological polar surface area (TPSA) is 65.1 Å². The van der Waals surface area contributed by atoms with E-state index in [2.05, 4.69) is 6.92 Å². The van der Waals surface area contributed by atoms with E-state index in [0.717, 1.165) is 42.4 Å². The molecule has 6 nitrogen and oxygen atoms in total. The van der Waals surface area contributed by atoms with E-state index in [1.807, 2.05) is 42.5 Å². The van der Waals surface area contributed by atoms with E-state index in [4.69, 9.17) is 13.9 Å². The van der Waals surface area contributed by atoms with Crippen molar-refractivity contribution < 1.29 is 23.2 Å². The van der Waals surface area contributed by atoms with Gasteiger partial charge in [-0.15, -0.1) is 0 Å². The molecule has 166 valence electrons. The lowest BCUT2D eigenvalue weighted by atomic mass is 9.85. The highest BCUT2D eigenvalue weighted by Gasteiger charge is 2.41. The SMILES string of the molecule is CCOP(=O)(ON1CCCCC1)SC(=O)C1c2ccccc2Oc2cccc(CC)c21. The molecule has 0 N–H and O–H groups in total. The summed E-state index contributed by atoms with van der Waals surface area (Å²) in [6, 6.07) is 13.3. The van der Waals surface area contributed by atoms with Crippen LogP contribution in [0.5, 0.6) is 11.5 Å². The second kappa shape index (κ2) is 9.88. The van der Waals surface area contributed by atoms with Gasteiger partial charge in [0.1, 0.15) is 11.5 Å². The lowest BCUT2D eigenvalue weighted by molar-refractivity contribution is -0.111. The van der Waals surface area contributed by atoms with Gasteiger partial charge >= 0.3 is 6.80 Å². The number of hydroxylamine groups is 2. The molecule has 0 saturated carbocycles. The summed E-state index contributed by atoms with van der Waals surface area (Å²) in [5.74, 6) is 0.713. The number of para-hydroxylation sites is 1. The highest BCUT2D eigenvalue weighted by atomic mass is 32.7. The minimum atomic E-state index is -3.71. The first-order valence-corrected chi connectivity index (χ1v) is 13.8. The summed E-state index contributed by atoms with van der Waals surface area (Å²) in [6.45, 7) is 1.68. The monoisotopic (exact) mass is 461 g/mol. The zero-order chi connectivity index (χ0) is 21.8. The Morgan fingerprint density at radius 2 is 1.84 bits per heavy atom. The fraction of sp³-hybridized carbons (Fsp3) is 0.435. The van der Waals surface area contributed by atoms with Crippen LogP contribution in [-0.2, 0) is 24.9 Å². The van der Waals surface area contributed by atoms with Crippen molar-refractivity contribution >= 4 is 23.3 Å². The molecule has 2 aliphatic heterocycles. The van der Waals surface area contributed by atoms with Crippen molar-refractivity contribution in [1.29, 1.82) is 0 Å². The molecule has 0 aromatic heterocycles. The summed E-state index contributed by atoms with van der Waals surface area (Å²) >= 11 is 0.693. The molecule has 0 bridgehead atoms. The van der Waals surface area contributed by atoms with Gasteiger partial charge in [-0.2, -0.15) is 5.06 Å². The number of fused-ring (bicyclic) bond motifs is 2. The summed E-state index contributed by atoms with van der Waals surface area (Å²) in [6.07, 6.45) is 3.84. The van der Waals surface area contributed by atoms with Crippen LogP contribution in [0.1, 0.15) is 55.7 Å². The first kappa shape index (κ1) is 22.6. The first-order chi connectivity index (χ1) is 15.0. The van der Waals surface area contributed by atoms with Crippen molar-refractivity contribution in [3.05, 3.63) is 59.2 Å². The third-order valence-corrected chi connectivity index (χ3v) is 8.90. The van der Waals surface area contributed by atoms with Crippen LogP contribution in [0.3, 0.4) is 0 Å². The molecule has 2 aliphatic rings. The van der Waals surface area contributed by atoms with Crippen molar-refractivity contribution in [1.82, 2.24) is 5.06 Å². The first-order valence-electron chi connectivity index (χ1n) is 10.9. The van der Waals surface area contributed by atoms with Crippen LogP contribution in [0.15, 0.2) is 42.5 Å². The number of rotatable bonds is 7. The summed E-state index contributed by atoms with van der Waals surface area (Å²) in [7, 11) is 0. The molecule has 2 aromatic carbocycles. The average molecular weight is 462 g/mol. The van der Waals surface area contributed by atoms with E-state index in [-0.39, 0.29) is 11.7 Å². The summed E-state index contributed by atoms with van der Waals surface area (Å²) < 4.78 is 31.0. The molecule has 8 heteroatoms. The van der Waals surface area contributed by atoms with Gasteiger partial charge < -0.3 is 4.74 Å². The number of ether oxygens (including phenoxy) is 1. The Bertz CT molecular complexity index is 992. The van der Waals surface area contributed by atoms with Gasteiger partial charge in [0, 0.05) is 35.6 Å².